The fourth-order valence-corrected chi connectivity index (χ4v) is 2.38. The average molecular weight is 268 g/mol. The highest BCUT2D eigenvalue weighted by Gasteiger charge is 2.27. The van der Waals surface area contributed by atoms with E-state index in [0.29, 0.717) is 5.92 Å². The maximum atomic E-state index is 12.5. The summed E-state index contributed by atoms with van der Waals surface area (Å²) >= 11 is 0. The van der Waals surface area contributed by atoms with Crippen LogP contribution in [-0.2, 0) is 0 Å². The van der Waals surface area contributed by atoms with Crippen LogP contribution in [0.1, 0.15) is 55.1 Å². The SMILES string of the molecule is CC[C@H](C)NC(=O)c1cc(C2CC2)nc2ccccc12. The molecule has 1 aliphatic carbocycles. The molecule has 0 aliphatic heterocycles. The lowest BCUT2D eigenvalue weighted by atomic mass is 10.0. The van der Waals surface area contributed by atoms with Crippen LogP contribution in [0, 0.1) is 0 Å². The molecule has 1 aromatic carbocycles. The largest absolute Gasteiger partial charge is 0.350 e. The lowest BCUT2D eigenvalue weighted by Crippen LogP contribution is -2.32. The molecule has 3 nitrogen and oxygen atoms in total. The molecule has 3 heteroatoms. The normalized spacial score (nSPS) is 16.1. The van der Waals surface area contributed by atoms with Gasteiger partial charge in [-0.05, 0) is 38.3 Å². The zero-order chi connectivity index (χ0) is 14.1. The number of pyridine rings is 1. The molecule has 3 rings (SSSR count). The highest BCUT2D eigenvalue weighted by molar-refractivity contribution is 6.06. The van der Waals surface area contributed by atoms with Crippen molar-refractivity contribution in [1.82, 2.24) is 10.3 Å². The highest BCUT2D eigenvalue weighted by atomic mass is 16.1. The average Bonchev–Trinajstić information content (AvgIpc) is 3.30. The first-order valence-corrected chi connectivity index (χ1v) is 7.39. The number of rotatable bonds is 4. The fraction of sp³-hybridized carbons (Fsp3) is 0.412. The molecule has 1 aliphatic rings. The van der Waals surface area contributed by atoms with Crippen molar-refractivity contribution in [3.05, 3.63) is 41.6 Å². The van der Waals surface area contributed by atoms with Gasteiger partial charge in [-0.25, -0.2) is 0 Å². The first kappa shape index (κ1) is 13.1. The van der Waals surface area contributed by atoms with Crippen LogP contribution in [0.25, 0.3) is 10.9 Å². The van der Waals surface area contributed by atoms with Crippen LogP contribution in [0.3, 0.4) is 0 Å². The van der Waals surface area contributed by atoms with Gasteiger partial charge in [0.15, 0.2) is 0 Å². The molecule has 20 heavy (non-hydrogen) atoms. The Labute approximate surface area is 119 Å². The third-order valence-corrected chi connectivity index (χ3v) is 3.97. The van der Waals surface area contributed by atoms with Crippen LogP contribution in [0.5, 0.6) is 0 Å². The number of para-hydroxylation sites is 1. The van der Waals surface area contributed by atoms with Gasteiger partial charge in [-0.1, -0.05) is 25.1 Å². The second-order valence-corrected chi connectivity index (χ2v) is 5.67. The van der Waals surface area contributed by atoms with Crippen LogP contribution in [0.4, 0.5) is 0 Å². The zero-order valence-electron chi connectivity index (χ0n) is 12.0. The Balaban J connectivity index is 2.05. The molecular weight excluding hydrogens is 248 g/mol. The van der Waals surface area contributed by atoms with E-state index in [0.717, 1.165) is 28.6 Å². The van der Waals surface area contributed by atoms with Crippen molar-refractivity contribution in [3.63, 3.8) is 0 Å². The van der Waals surface area contributed by atoms with Crippen molar-refractivity contribution < 1.29 is 4.79 Å². The van der Waals surface area contributed by atoms with Crippen molar-refractivity contribution in [1.29, 1.82) is 0 Å². The van der Waals surface area contributed by atoms with Crippen molar-refractivity contribution in [2.24, 2.45) is 0 Å². The summed E-state index contributed by atoms with van der Waals surface area (Å²) in [7, 11) is 0. The molecular formula is C17H20N2O. The number of carbonyl (C=O) groups is 1. The highest BCUT2D eigenvalue weighted by Crippen LogP contribution is 2.40. The van der Waals surface area contributed by atoms with E-state index in [1.165, 1.54) is 12.8 Å². The molecule has 0 unspecified atom stereocenters. The van der Waals surface area contributed by atoms with E-state index < -0.39 is 0 Å². The summed E-state index contributed by atoms with van der Waals surface area (Å²) < 4.78 is 0. The summed E-state index contributed by atoms with van der Waals surface area (Å²) in [6.45, 7) is 4.11. The monoisotopic (exact) mass is 268 g/mol. The van der Waals surface area contributed by atoms with Gasteiger partial charge in [0.2, 0.25) is 0 Å². The lowest BCUT2D eigenvalue weighted by molar-refractivity contribution is 0.0941. The first-order valence-electron chi connectivity index (χ1n) is 7.39. The number of nitrogens with one attached hydrogen (secondary N) is 1. The molecule has 0 bridgehead atoms. The molecule has 1 N–H and O–H groups in total. The van der Waals surface area contributed by atoms with Crippen LogP contribution in [-0.4, -0.2) is 16.9 Å². The molecule has 1 amide bonds. The van der Waals surface area contributed by atoms with Gasteiger partial charge < -0.3 is 5.32 Å². The van der Waals surface area contributed by atoms with Gasteiger partial charge in [-0.3, -0.25) is 9.78 Å². The Morgan fingerprint density at radius 3 is 2.85 bits per heavy atom. The molecule has 0 spiro atoms. The quantitative estimate of drug-likeness (QED) is 0.919. The number of benzene rings is 1. The van der Waals surface area contributed by atoms with E-state index in [4.69, 9.17) is 4.98 Å². The molecule has 104 valence electrons. The third kappa shape index (κ3) is 2.53. The van der Waals surface area contributed by atoms with Gasteiger partial charge in [-0.2, -0.15) is 0 Å². The molecule has 1 aromatic heterocycles. The second-order valence-electron chi connectivity index (χ2n) is 5.67. The Morgan fingerprint density at radius 1 is 1.40 bits per heavy atom. The fourth-order valence-electron chi connectivity index (χ4n) is 2.38. The van der Waals surface area contributed by atoms with E-state index in [1.54, 1.807) is 0 Å². The Kier molecular flexibility index (Phi) is 3.43. The molecule has 1 fully saturated rings. The molecule has 0 radical (unpaired) electrons. The van der Waals surface area contributed by atoms with E-state index >= 15 is 0 Å². The van der Waals surface area contributed by atoms with Gasteiger partial charge in [0.1, 0.15) is 0 Å². The summed E-state index contributed by atoms with van der Waals surface area (Å²) in [5.74, 6) is 0.564. The Hall–Kier alpha value is -1.90. The van der Waals surface area contributed by atoms with Gasteiger partial charge in [0.05, 0.1) is 11.1 Å². The van der Waals surface area contributed by atoms with Crippen molar-refractivity contribution in [3.8, 4) is 0 Å². The van der Waals surface area contributed by atoms with Crippen LogP contribution < -0.4 is 5.32 Å². The van der Waals surface area contributed by atoms with E-state index in [1.807, 2.05) is 37.3 Å². The van der Waals surface area contributed by atoms with Gasteiger partial charge in [0, 0.05) is 23.0 Å². The molecule has 2 aromatic rings. The van der Waals surface area contributed by atoms with Gasteiger partial charge in [0.25, 0.3) is 5.91 Å². The maximum absolute atomic E-state index is 12.5. The number of amides is 1. The predicted octanol–water partition coefficient (Wildman–Crippen LogP) is 3.64. The number of aromatic nitrogens is 1. The molecule has 0 saturated heterocycles. The minimum atomic E-state index is 0.0138. The Bertz CT molecular complexity index is 646. The lowest BCUT2D eigenvalue weighted by Gasteiger charge is -2.13. The summed E-state index contributed by atoms with van der Waals surface area (Å²) in [5, 5.41) is 4.00. The zero-order valence-corrected chi connectivity index (χ0v) is 12.0. The summed E-state index contributed by atoms with van der Waals surface area (Å²) in [6, 6.07) is 10.1. The van der Waals surface area contributed by atoms with Crippen molar-refractivity contribution >= 4 is 16.8 Å². The first-order chi connectivity index (χ1) is 9.69. The van der Waals surface area contributed by atoms with Crippen LogP contribution in [0.15, 0.2) is 30.3 Å². The summed E-state index contributed by atoms with van der Waals surface area (Å²) in [4.78, 5) is 17.2. The number of hydrogen-bond acceptors (Lipinski definition) is 2. The molecule has 1 saturated carbocycles. The van der Waals surface area contributed by atoms with E-state index in [-0.39, 0.29) is 11.9 Å². The number of hydrogen-bond donors (Lipinski definition) is 1. The number of carbonyl (C=O) groups excluding carboxylic acids is 1. The van der Waals surface area contributed by atoms with Gasteiger partial charge >= 0.3 is 0 Å². The van der Waals surface area contributed by atoms with Crippen molar-refractivity contribution in [2.45, 2.75) is 45.1 Å². The summed E-state index contributed by atoms with van der Waals surface area (Å²) in [6.07, 6.45) is 3.32. The summed E-state index contributed by atoms with van der Waals surface area (Å²) in [5.41, 5.74) is 2.75. The van der Waals surface area contributed by atoms with Crippen molar-refractivity contribution in [2.75, 3.05) is 0 Å². The van der Waals surface area contributed by atoms with Gasteiger partial charge in [-0.15, -0.1) is 0 Å². The van der Waals surface area contributed by atoms with Crippen LogP contribution >= 0.6 is 0 Å². The maximum Gasteiger partial charge on any atom is 0.252 e. The minimum Gasteiger partial charge on any atom is -0.350 e. The number of nitrogens with zero attached hydrogens (tertiary/aromatic N) is 1. The standard InChI is InChI=1S/C17H20N2O/c1-3-11(2)18-17(20)14-10-16(12-8-9-12)19-15-7-5-4-6-13(14)15/h4-7,10-12H,3,8-9H2,1-2H3,(H,18,20)/t11-/m0/s1. The minimum absolute atomic E-state index is 0.0138. The second kappa shape index (κ2) is 5.23. The van der Waals surface area contributed by atoms with E-state index in [2.05, 4.69) is 12.2 Å². The van der Waals surface area contributed by atoms with E-state index in [9.17, 15) is 4.79 Å². The molecule has 1 heterocycles. The number of fused-ring (bicyclic) bond motifs is 1. The predicted molar refractivity (Wildman–Crippen MR) is 80.9 cm³/mol. The third-order valence-electron chi connectivity index (χ3n) is 3.97. The smallest absolute Gasteiger partial charge is 0.252 e. The Morgan fingerprint density at radius 2 is 2.15 bits per heavy atom. The van der Waals surface area contributed by atoms with Crippen LogP contribution in [0.2, 0.25) is 0 Å². The topological polar surface area (TPSA) is 42.0 Å². The molecule has 1 atom stereocenters.